The average molecular weight is 287 g/mol. The van der Waals surface area contributed by atoms with Gasteiger partial charge in [0.25, 0.3) is 0 Å². The van der Waals surface area contributed by atoms with E-state index in [0.717, 1.165) is 12.5 Å². The Hall–Kier alpha value is 0.390. The Bertz CT molecular complexity index is 266. The van der Waals surface area contributed by atoms with Crippen LogP contribution in [0.2, 0.25) is 0 Å². The Morgan fingerprint density at radius 1 is 1.00 bits per heavy atom. The second kappa shape index (κ2) is 6.90. The van der Waals surface area contributed by atoms with Crippen molar-refractivity contribution >= 4 is 9.39 Å². The van der Waals surface area contributed by atoms with Crippen LogP contribution in [0.1, 0.15) is 74.7 Å². The van der Waals surface area contributed by atoms with Gasteiger partial charge in [-0.15, -0.1) is 0 Å². The molecule has 2 heteroatoms. The molecule has 0 radical (unpaired) electrons. The molecule has 0 saturated heterocycles. The summed E-state index contributed by atoms with van der Waals surface area (Å²) in [7, 11) is 4.95. The molecule has 2 unspecified atom stereocenters. The summed E-state index contributed by atoms with van der Waals surface area (Å²) in [5, 5.41) is 0. The number of hydrogen-bond donors (Lipinski definition) is 0. The zero-order chi connectivity index (χ0) is 15.5. The smallest absolute Gasteiger partial charge is 0.00696 e. The topological polar surface area (TPSA) is 3.24 Å². The summed E-state index contributed by atoms with van der Waals surface area (Å²) in [5.74, 6) is 0.793. The average Bonchev–Trinajstić information content (AvgIpc) is 2.13. The minimum atomic E-state index is 0.312. The van der Waals surface area contributed by atoms with Crippen molar-refractivity contribution in [3.8, 4) is 0 Å². The molecule has 0 bridgehead atoms. The van der Waals surface area contributed by atoms with Gasteiger partial charge in [0.1, 0.15) is 0 Å². The van der Waals surface area contributed by atoms with Crippen molar-refractivity contribution in [3.05, 3.63) is 0 Å². The first-order chi connectivity index (χ1) is 8.35. The molecule has 1 nitrogen and oxygen atoms in total. The summed E-state index contributed by atoms with van der Waals surface area (Å²) < 4.78 is 2.24. The molecule has 0 N–H and O–H groups in total. The number of nitrogens with zero attached hydrogens (tertiary/aromatic N) is 1. The van der Waals surface area contributed by atoms with Gasteiger partial charge in [0.2, 0.25) is 0 Å². The molecule has 0 aromatic carbocycles. The quantitative estimate of drug-likeness (QED) is 0.524. The Kier molecular flexibility index (Phi) is 7.04. The van der Waals surface area contributed by atoms with E-state index in [2.05, 4.69) is 76.5 Å². The zero-order valence-electron chi connectivity index (χ0n) is 14.9. The van der Waals surface area contributed by atoms with Crippen molar-refractivity contribution in [1.29, 1.82) is 0 Å². The first-order valence-electron chi connectivity index (χ1n) is 7.81. The van der Waals surface area contributed by atoms with Crippen LogP contribution in [-0.4, -0.2) is 18.3 Å². The lowest BCUT2D eigenvalue weighted by Gasteiger charge is -2.48. The molecule has 0 aromatic rings. The van der Waals surface area contributed by atoms with Gasteiger partial charge in [0, 0.05) is 6.54 Å². The molecule has 0 aliphatic heterocycles. The highest BCUT2D eigenvalue weighted by atomic mass is 31.0. The number of rotatable bonds is 8. The van der Waals surface area contributed by atoms with E-state index in [9.17, 15) is 0 Å². The molecule has 0 spiro atoms. The molecule has 116 valence electrons. The third kappa shape index (κ3) is 5.72. The fourth-order valence-corrected chi connectivity index (χ4v) is 3.67. The summed E-state index contributed by atoms with van der Waals surface area (Å²) in [6, 6.07) is 0. The third-order valence-electron chi connectivity index (χ3n) is 5.43. The molecule has 0 saturated carbocycles. The molecule has 2 atom stereocenters. The Balaban J connectivity index is 4.92. The van der Waals surface area contributed by atoms with Crippen molar-refractivity contribution < 1.29 is 0 Å². The largest absolute Gasteiger partial charge is 0.290 e. The van der Waals surface area contributed by atoms with Crippen LogP contribution >= 0.6 is 9.39 Å². The van der Waals surface area contributed by atoms with Gasteiger partial charge in [-0.1, -0.05) is 77.6 Å². The molecular formula is C17H38NP. The number of hydrogen-bond acceptors (Lipinski definition) is 1. The maximum atomic E-state index is 2.80. The van der Waals surface area contributed by atoms with E-state index < -0.39 is 0 Å². The van der Waals surface area contributed by atoms with E-state index in [4.69, 9.17) is 0 Å². The van der Waals surface area contributed by atoms with Crippen molar-refractivity contribution in [2.75, 3.05) is 13.6 Å². The van der Waals surface area contributed by atoms with Crippen LogP contribution in [0.25, 0.3) is 0 Å². The highest BCUT2D eigenvalue weighted by Gasteiger charge is 2.42. The predicted molar refractivity (Wildman–Crippen MR) is 92.4 cm³/mol. The monoisotopic (exact) mass is 287 g/mol. The Morgan fingerprint density at radius 3 is 1.84 bits per heavy atom. The Morgan fingerprint density at radius 2 is 1.47 bits per heavy atom. The van der Waals surface area contributed by atoms with Gasteiger partial charge >= 0.3 is 0 Å². The van der Waals surface area contributed by atoms with Crippen molar-refractivity contribution in [3.63, 3.8) is 0 Å². The maximum absolute atomic E-state index is 2.80. The first kappa shape index (κ1) is 19.4. The lowest BCUT2D eigenvalue weighted by molar-refractivity contribution is 0.0207. The Labute approximate surface area is 125 Å². The van der Waals surface area contributed by atoms with Crippen LogP contribution < -0.4 is 0 Å². The van der Waals surface area contributed by atoms with E-state index in [1.807, 2.05) is 0 Å². The summed E-state index contributed by atoms with van der Waals surface area (Å²) in [6.07, 6.45) is 3.92. The van der Waals surface area contributed by atoms with Gasteiger partial charge in [-0.05, 0) is 35.6 Å². The van der Waals surface area contributed by atoms with Crippen LogP contribution in [0, 0.1) is 22.2 Å². The molecule has 0 amide bonds. The SMILES string of the molecule is CCCC(C)C(C)(C)CC(C)(C)C(C)(C)CN(C)P. The minimum Gasteiger partial charge on any atom is -0.290 e. The second-order valence-corrected chi connectivity index (χ2v) is 9.42. The summed E-state index contributed by atoms with van der Waals surface area (Å²) in [6.45, 7) is 20.5. The van der Waals surface area contributed by atoms with Crippen LogP contribution in [0.4, 0.5) is 0 Å². The van der Waals surface area contributed by atoms with Gasteiger partial charge in [0.05, 0.1) is 0 Å². The molecule has 0 heterocycles. The fourth-order valence-electron chi connectivity index (χ4n) is 3.21. The van der Waals surface area contributed by atoms with E-state index in [1.165, 1.54) is 19.3 Å². The van der Waals surface area contributed by atoms with Crippen LogP contribution in [-0.2, 0) is 0 Å². The van der Waals surface area contributed by atoms with Crippen LogP contribution in [0.15, 0.2) is 0 Å². The highest BCUT2D eigenvalue weighted by molar-refractivity contribution is 7.13. The maximum Gasteiger partial charge on any atom is 0.00696 e. The fraction of sp³-hybridized carbons (Fsp3) is 1.00. The molecular weight excluding hydrogens is 249 g/mol. The van der Waals surface area contributed by atoms with Crippen LogP contribution in [0.5, 0.6) is 0 Å². The van der Waals surface area contributed by atoms with Crippen molar-refractivity contribution in [1.82, 2.24) is 4.67 Å². The molecule has 0 aliphatic carbocycles. The lowest BCUT2D eigenvalue weighted by Crippen LogP contribution is -2.43. The molecule has 0 aromatic heterocycles. The summed E-state index contributed by atoms with van der Waals surface area (Å²) in [5.41, 5.74) is 1.06. The second-order valence-electron chi connectivity index (χ2n) is 8.54. The molecule has 0 aliphatic rings. The summed E-state index contributed by atoms with van der Waals surface area (Å²) >= 11 is 0. The molecule has 0 fully saturated rings. The van der Waals surface area contributed by atoms with Crippen molar-refractivity contribution in [2.24, 2.45) is 22.2 Å². The standard InChI is InChI=1S/C17H38NP/c1-10-11-14(2)15(3,4)12-16(5,6)17(7,8)13-18(9)19/h14H,10-13,19H2,1-9H3. The van der Waals surface area contributed by atoms with Crippen molar-refractivity contribution in [2.45, 2.75) is 74.7 Å². The summed E-state index contributed by atoms with van der Waals surface area (Å²) in [4.78, 5) is 0. The first-order valence-corrected chi connectivity index (χ1v) is 8.33. The lowest BCUT2D eigenvalue weighted by atomic mass is 9.58. The van der Waals surface area contributed by atoms with Gasteiger partial charge in [-0.3, -0.25) is 4.67 Å². The van der Waals surface area contributed by atoms with E-state index in [0.29, 0.717) is 16.2 Å². The van der Waals surface area contributed by atoms with Gasteiger partial charge < -0.3 is 0 Å². The van der Waals surface area contributed by atoms with E-state index in [-0.39, 0.29) is 0 Å². The van der Waals surface area contributed by atoms with E-state index in [1.54, 1.807) is 0 Å². The normalized spacial score (nSPS) is 15.9. The van der Waals surface area contributed by atoms with Gasteiger partial charge in [0.15, 0.2) is 0 Å². The van der Waals surface area contributed by atoms with E-state index >= 15 is 0 Å². The van der Waals surface area contributed by atoms with Crippen LogP contribution in [0.3, 0.4) is 0 Å². The molecule has 0 rings (SSSR count). The molecule has 19 heavy (non-hydrogen) atoms. The predicted octanol–water partition coefficient (Wildman–Crippen LogP) is 5.61. The highest BCUT2D eigenvalue weighted by Crippen LogP contribution is 2.49. The zero-order valence-corrected chi connectivity index (χ0v) is 16.1. The minimum absolute atomic E-state index is 0.312. The van der Waals surface area contributed by atoms with Gasteiger partial charge in [-0.2, -0.15) is 0 Å². The van der Waals surface area contributed by atoms with Gasteiger partial charge in [-0.25, -0.2) is 0 Å². The third-order valence-corrected chi connectivity index (χ3v) is 5.61.